The Bertz CT molecular complexity index is 1110. The summed E-state index contributed by atoms with van der Waals surface area (Å²) in [5, 5.41) is 16.1. The lowest BCUT2D eigenvalue weighted by Gasteiger charge is -2.26. The predicted molar refractivity (Wildman–Crippen MR) is 142 cm³/mol. The van der Waals surface area contributed by atoms with Gasteiger partial charge in [-0.05, 0) is 56.0 Å². The zero-order chi connectivity index (χ0) is 24.6. The van der Waals surface area contributed by atoms with Crippen molar-refractivity contribution >= 4 is 29.0 Å². The summed E-state index contributed by atoms with van der Waals surface area (Å²) in [5.74, 6) is 1.67. The summed E-state index contributed by atoms with van der Waals surface area (Å²) < 4.78 is 7.60. The van der Waals surface area contributed by atoms with Gasteiger partial charge in [0.1, 0.15) is 5.75 Å². The fraction of sp³-hybridized carbons (Fsp3) is 0.444. The fourth-order valence-electron chi connectivity index (χ4n) is 4.41. The summed E-state index contributed by atoms with van der Waals surface area (Å²) >= 11 is 1.48. The zero-order valence-electron chi connectivity index (χ0n) is 20.8. The highest BCUT2D eigenvalue weighted by Gasteiger charge is 2.26. The number of nitrogens with one attached hydrogen (secondary N) is 2. The Balaban J connectivity index is 1.47. The molecule has 1 saturated carbocycles. The first-order valence-corrected chi connectivity index (χ1v) is 13.3. The van der Waals surface area contributed by atoms with Crippen LogP contribution in [0, 0.1) is 0 Å². The van der Waals surface area contributed by atoms with E-state index in [9.17, 15) is 4.79 Å². The summed E-state index contributed by atoms with van der Waals surface area (Å²) in [6, 6.07) is 16.3. The van der Waals surface area contributed by atoms with E-state index in [4.69, 9.17) is 4.74 Å². The number of methoxy groups -OCH3 is 1. The van der Waals surface area contributed by atoms with Crippen LogP contribution in [0.5, 0.6) is 5.75 Å². The van der Waals surface area contributed by atoms with Gasteiger partial charge in [-0.25, -0.2) is 0 Å². The molecule has 0 radical (unpaired) electrons. The highest BCUT2D eigenvalue weighted by Crippen LogP contribution is 2.34. The first-order chi connectivity index (χ1) is 17.1. The second-order valence-electron chi connectivity index (χ2n) is 8.95. The van der Waals surface area contributed by atoms with E-state index in [0.717, 1.165) is 47.4 Å². The number of ether oxygens (including phenoxy) is 1. The van der Waals surface area contributed by atoms with Crippen molar-refractivity contribution in [1.29, 1.82) is 0 Å². The number of anilines is 2. The van der Waals surface area contributed by atoms with E-state index in [-0.39, 0.29) is 11.2 Å². The molecule has 1 fully saturated rings. The molecule has 35 heavy (non-hydrogen) atoms. The lowest BCUT2D eigenvalue weighted by molar-refractivity contribution is -0.115. The van der Waals surface area contributed by atoms with Gasteiger partial charge in [0, 0.05) is 23.5 Å². The molecule has 186 valence electrons. The Morgan fingerprint density at radius 1 is 1.11 bits per heavy atom. The normalized spacial score (nSPS) is 14.9. The van der Waals surface area contributed by atoms with Gasteiger partial charge < -0.3 is 19.9 Å². The smallest absolute Gasteiger partial charge is 0.237 e. The van der Waals surface area contributed by atoms with Gasteiger partial charge in [0.05, 0.1) is 18.9 Å². The summed E-state index contributed by atoms with van der Waals surface area (Å²) in [5.41, 5.74) is 3.04. The maximum atomic E-state index is 12.9. The van der Waals surface area contributed by atoms with Gasteiger partial charge in [-0.15, -0.1) is 10.2 Å². The van der Waals surface area contributed by atoms with Crippen molar-refractivity contribution in [3.63, 3.8) is 0 Å². The van der Waals surface area contributed by atoms with Crippen molar-refractivity contribution in [2.45, 2.75) is 75.4 Å². The number of hydrogen-bond donors (Lipinski definition) is 2. The summed E-state index contributed by atoms with van der Waals surface area (Å²) in [6.45, 7) is 4.60. The SMILES string of the molecule is CCc1ccc(NC(=O)C(C)Sc2nnc(CNc3cccc(OC)c3)n2C2CCCCC2)cc1. The van der Waals surface area contributed by atoms with Crippen molar-refractivity contribution in [1.82, 2.24) is 14.8 Å². The van der Waals surface area contributed by atoms with Crippen LogP contribution in [-0.2, 0) is 17.8 Å². The highest BCUT2D eigenvalue weighted by molar-refractivity contribution is 8.00. The molecule has 0 aliphatic heterocycles. The van der Waals surface area contributed by atoms with Crippen LogP contribution in [0.4, 0.5) is 11.4 Å². The van der Waals surface area contributed by atoms with Gasteiger partial charge >= 0.3 is 0 Å². The number of benzene rings is 2. The van der Waals surface area contributed by atoms with Crippen LogP contribution in [0.15, 0.2) is 53.7 Å². The molecule has 1 heterocycles. The van der Waals surface area contributed by atoms with Crippen LogP contribution < -0.4 is 15.4 Å². The molecule has 4 rings (SSSR count). The molecule has 3 aromatic rings. The average molecular weight is 494 g/mol. The molecule has 7 nitrogen and oxygen atoms in total. The van der Waals surface area contributed by atoms with E-state index < -0.39 is 0 Å². The molecule has 0 spiro atoms. The van der Waals surface area contributed by atoms with Gasteiger partial charge in [0.15, 0.2) is 11.0 Å². The summed E-state index contributed by atoms with van der Waals surface area (Å²) in [6.07, 6.45) is 6.89. The average Bonchev–Trinajstić information content (AvgIpc) is 3.30. The van der Waals surface area contributed by atoms with Gasteiger partial charge in [-0.3, -0.25) is 4.79 Å². The number of thioether (sulfide) groups is 1. The number of hydrogen-bond acceptors (Lipinski definition) is 6. The second-order valence-corrected chi connectivity index (χ2v) is 10.3. The maximum Gasteiger partial charge on any atom is 0.237 e. The van der Waals surface area contributed by atoms with Gasteiger partial charge in [0.2, 0.25) is 5.91 Å². The number of carbonyl (C=O) groups excluding carboxylic acids is 1. The Kier molecular flexibility index (Phi) is 8.69. The van der Waals surface area contributed by atoms with Gasteiger partial charge in [0.25, 0.3) is 0 Å². The first kappa shape index (κ1) is 25.1. The van der Waals surface area contributed by atoms with E-state index in [1.807, 2.05) is 43.3 Å². The van der Waals surface area contributed by atoms with Crippen LogP contribution in [0.25, 0.3) is 0 Å². The minimum Gasteiger partial charge on any atom is -0.497 e. The molecular formula is C27H35N5O2S. The third-order valence-corrected chi connectivity index (χ3v) is 7.53. The Hall–Kier alpha value is -3.00. The minimum absolute atomic E-state index is 0.0338. The molecule has 0 saturated heterocycles. The zero-order valence-corrected chi connectivity index (χ0v) is 21.6. The quantitative estimate of drug-likeness (QED) is 0.333. The lowest BCUT2D eigenvalue weighted by atomic mass is 9.95. The third kappa shape index (κ3) is 6.57. The molecule has 1 aliphatic carbocycles. The van der Waals surface area contributed by atoms with Crippen LogP contribution in [-0.4, -0.2) is 33.0 Å². The van der Waals surface area contributed by atoms with Gasteiger partial charge in [-0.1, -0.05) is 56.1 Å². The second kappa shape index (κ2) is 12.1. The van der Waals surface area contributed by atoms with Gasteiger partial charge in [-0.2, -0.15) is 0 Å². The maximum absolute atomic E-state index is 12.9. The molecule has 1 atom stereocenters. The Morgan fingerprint density at radius 3 is 2.60 bits per heavy atom. The highest BCUT2D eigenvalue weighted by atomic mass is 32.2. The number of amides is 1. The molecule has 1 amide bonds. The third-order valence-electron chi connectivity index (χ3n) is 6.48. The summed E-state index contributed by atoms with van der Waals surface area (Å²) in [7, 11) is 1.67. The molecular weight excluding hydrogens is 458 g/mol. The number of carbonyl (C=O) groups is 1. The molecule has 1 aliphatic rings. The van der Waals surface area contributed by atoms with Crippen LogP contribution in [0.1, 0.15) is 63.4 Å². The number of rotatable bonds is 10. The van der Waals surface area contributed by atoms with Crippen LogP contribution in [0.2, 0.25) is 0 Å². The Labute approximate surface area is 212 Å². The number of aryl methyl sites for hydroxylation is 1. The molecule has 2 N–H and O–H groups in total. The first-order valence-electron chi connectivity index (χ1n) is 12.5. The molecule has 1 aromatic heterocycles. The van der Waals surface area contributed by atoms with E-state index in [1.165, 1.54) is 36.6 Å². The number of aromatic nitrogens is 3. The van der Waals surface area contributed by atoms with Crippen molar-refractivity contribution in [2.75, 3.05) is 17.7 Å². The Morgan fingerprint density at radius 2 is 1.89 bits per heavy atom. The largest absolute Gasteiger partial charge is 0.497 e. The number of nitrogens with zero attached hydrogens (tertiary/aromatic N) is 3. The van der Waals surface area contributed by atoms with E-state index in [0.29, 0.717) is 12.6 Å². The minimum atomic E-state index is -0.299. The van der Waals surface area contributed by atoms with Crippen molar-refractivity contribution < 1.29 is 9.53 Å². The lowest BCUT2D eigenvalue weighted by Crippen LogP contribution is -2.24. The topological polar surface area (TPSA) is 81.1 Å². The predicted octanol–water partition coefficient (Wildman–Crippen LogP) is 6.09. The monoisotopic (exact) mass is 493 g/mol. The summed E-state index contributed by atoms with van der Waals surface area (Å²) in [4.78, 5) is 12.9. The van der Waals surface area contributed by atoms with Crippen molar-refractivity contribution in [3.05, 3.63) is 59.9 Å². The molecule has 0 bridgehead atoms. The van der Waals surface area contributed by atoms with Crippen molar-refractivity contribution in [3.8, 4) is 5.75 Å². The van der Waals surface area contributed by atoms with Crippen LogP contribution in [0.3, 0.4) is 0 Å². The fourth-order valence-corrected chi connectivity index (χ4v) is 5.35. The van der Waals surface area contributed by atoms with E-state index >= 15 is 0 Å². The standard InChI is InChI=1S/C27H35N5O2S/c1-4-20-13-15-21(16-14-20)29-26(33)19(2)35-27-31-30-25(32(27)23-10-6-5-7-11-23)18-28-22-9-8-12-24(17-22)34-3/h8-9,12-17,19,23,28H,4-7,10-11,18H2,1-3H3,(H,29,33). The van der Waals surface area contributed by atoms with Crippen molar-refractivity contribution in [2.24, 2.45) is 0 Å². The van der Waals surface area contributed by atoms with E-state index in [2.05, 4.69) is 44.5 Å². The molecule has 2 aromatic carbocycles. The van der Waals surface area contributed by atoms with Crippen LogP contribution >= 0.6 is 11.8 Å². The van der Waals surface area contributed by atoms with E-state index in [1.54, 1.807) is 7.11 Å². The molecule has 8 heteroatoms. The molecule has 1 unspecified atom stereocenters.